The van der Waals surface area contributed by atoms with Gasteiger partial charge in [-0.15, -0.1) is 0 Å². The predicted molar refractivity (Wildman–Crippen MR) is 88.4 cm³/mol. The second-order valence-electron chi connectivity index (χ2n) is 6.51. The van der Waals surface area contributed by atoms with Crippen LogP contribution in [0.4, 0.5) is 4.39 Å². The molecule has 2 fully saturated rings. The van der Waals surface area contributed by atoms with E-state index < -0.39 is 17.4 Å². The van der Waals surface area contributed by atoms with Gasteiger partial charge in [0, 0.05) is 38.6 Å². The first kappa shape index (κ1) is 16.1. The van der Waals surface area contributed by atoms with Crippen molar-refractivity contribution in [2.45, 2.75) is 18.1 Å². The molecule has 2 aliphatic heterocycles. The highest BCUT2D eigenvalue weighted by Crippen LogP contribution is 2.38. The second-order valence-corrected chi connectivity index (χ2v) is 6.51. The molecule has 0 saturated carbocycles. The van der Waals surface area contributed by atoms with Gasteiger partial charge in [-0.05, 0) is 12.1 Å². The Labute approximate surface area is 145 Å². The monoisotopic (exact) mass is 342 g/mol. The third-order valence-electron chi connectivity index (χ3n) is 4.82. The normalized spacial score (nSPS) is 26.2. The molecule has 2 saturated heterocycles. The Morgan fingerprint density at radius 2 is 2.04 bits per heavy atom. The summed E-state index contributed by atoms with van der Waals surface area (Å²) in [6, 6.07) is 9.10. The van der Waals surface area contributed by atoms with E-state index in [4.69, 9.17) is 4.74 Å². The number of esters is 1. The Morgan fingerprint density at radius 1 is 1.28 bits per heavy atom. The van der Waals surface area contributed by atoms with E-state index in [0.717, 1.165) is 32.0 Å². The molecule has 1 N–H and O–H groups in total. The zero-order chi connectivity index (χ0) is 17.3. The van der Waals surface area contributed by atoms with Gasteiger partial charge in [-0.25, -0.2) is 19.2 Å². The first-order valence-electron chi connectivity index (χ1n) is 8.37. The molecule has 2 aliphatic rings. The molecule has 25 heavy (non-hydrogen) atoms. The van der Waals surface area contributed by atoms with E-state index in [2.05, 4.69) is 20.2 Å². The van der Waals surface area contributed by atoms with Crippen molar-refractivity contribution in [3.05, 3.63) is 59.9 Å². The standard InChI is InChI=1S/C18H19FN4O2/c19-14-9-21-17(22-10-14)18(8-15-11-20-6-7-23(15)12-18)25-16(24)13-4-2-1-3-5-13/h1-5,9-10,15,20H,6-8,11-12H2/t15-,18-/m0/s1. The number of piperazine rings is 1. The van der Waals surface area contributed by atoms with Gasteiger partial charge in [0.25, 0.3) is 0 Å². The quantitative estimate of drug-likeness (QED) is 0.850. The number of benzene rings is 1. The molecule has 2 aromatic rings. The molecule has 0 radical (unpaired) electrons. The number of ether oxygens (including phenoxy) is 1. The molecule has 6 nitrogen and oxygen atoms in total. The van der Waals surface area contributed by atoms with Gasteiger partial charge >= 0.3 is 5.97 Å². The minimum Gasteiger partial charge on any atom is -0.446 e. The number of aromatic nitrogens is 2. The molecule has 1 aromatic heterocycles. The highest BCUT2D eigenvalue weighted by Gasteiger charge is 2.51. The number of nitrogens with zero attached hydrogens (tertiary/aromatic N) is 3. The largest absolute Gasteiger partial charge is 0.446 e. The highest BCUT2D eigenvalue weighted by molar-refractivity contribution is 5.89. The minimum absolute atomic E-state index is 0.242. The lowest BCUT2D eigenvalue weighted by atomic mass is 9.98. The summed E-state index contributed by atoms with van der Waals surface area (Å²) in [5.41, 5.74) is -0.482. The van der Waals surface area contributed by atoms with Gasteiger partial charge in [0.1, 0.15) is 0 Å². The average molecular weight is 342 g/mol. The van der Waals surface area contributed by atoms with Gasteiger partial charge < -0.3 is 10.1 Å². The molecule has 0 amide bonds. The molecule has 130 valence electrons. The molecular weight excluding hydrogens is 323 g/mol. The Kier molecular flexibility index (Phi) is 4.19. The van der Waals surface area contributed by atoms with Crippen molar-refractivity contribution in [1.82, 2.24) is 20.2 Å². The second kappa shape index (κ2) is 6.50. The van der Waals surface area contributed by atoms with E-state index in [1.165, 1.54) is 0 Å². The van der Waals surface area contributed by atoms with Gasteiger partial charge in [0.2, 0.25) is 0 Å². The molecule has 3 heterocycles. The lowest BCUT2D eigenvalue weighted by molar-refractivity contribution is -0.0209. The maximum atomic E-state index is 13.3. The summed E-state index contributed by atoms with van der Waals surface area (Å²) in [5, 5.41) is 3.36. The third kappa shape index (κ3) is 3.12. The predicted octanol–water partition coefficient (Wildman–Crippen LogP) is 1.35. The van der Waals surface area contributed by atoms with Gasteiger partial charge in [0.05, 0.1) is 18.0 Å². The van der Waals surface area contributed by atoms with Crippen molar-refractivity contribution in [3.8, 4) is 0 Å². The van der Waals surface area contributed by atoms with Crippen molar-refractivity contribution in [3.63, 3.8) is 0 Å². The van der Waals surface area contributed by atoms with E-state index in [1.54, 1.807) is 24.3 Å². The molecular formula is C18H19FN4O2. The number of halogens is 1. The van der Waals surface area contributed by atoms with Crippen LogP contribution in [0.15, 0.2) is 42.7 Å². The van der Waals surface area contributed by atoms with Gasteiger partial charge in [-0.3, -0.25) is 4.90 Å². The van der Waals surface area contributed by atoms with E-state index >= 15 is 0 Å². The fourth-order valence-corrected chi connectivity index (χ4v) is 3.63. The molecule has 0 spiro atoms. The lowest BCUT2D eigenvalue weighted by Gasteiger charge is -2.29. The van der Waals surface area contributed by atoms with Crippen LogP contribution in [0.3, 0.4) is 0 Å². The third-order valence-corrected chi connectivity index (χ3v) is 4.82. The first-order valence-corrected chi connectivity index (χ1v) is 8.37. The van der Waals surface area contributed by atoms with Gasteiger partial charge in [-0.1, -0.05) is 18.2 Å². The highest BCUT2D eigenvalue weighted by atomic mass is 19.1. The Balaban J connectivity index is 1.67. The summed E-state index contributed by atoms with van der Waals surface area (Å²) in [5.74, 6) is -0.570. The summed E-state index contributed by atoms with van der Waals surface area (Å²) in [6.07, 6.45) is 2.83. The van der Waals surface area contributed by atoms with Crippen molar-refractivity contribution in [2.24, 2.45) is 0 Å². The van der Waals surface area contributed by atoms with E-state index in [0.29, 0.717) is 24.4 Å². The topological polar surface area (TPSA) is 67.3 Å². The number of nitrogens with one attached hydrogen (secondary N) is 1. The summed E-state index contributed by atoms with van der Waals surface area (Å²) in [4.78, 5) is 23.2. The average Bonchev–Trinajstić information content (AvgIpc) is 3.02. The molecule has 0 aliphatic carbocycles. The summed E-state index contributed by atoms with van der Waals surface area (Å²) < 4.78 is 19.2. The number of hydrogen-bond donors (Lipinski definition) is 1. The molecule has 2 atom stereocenters. The van der Waals surface area contributed by atoms with Crippen LogP contribution in [0, 0.1) is 5.82 Å². The van der Waals surface area contributed by atoms with Crippen LogP contribution in [0.1, 0.15) is 22.6 Å². The molecule has 1 aromatic carbocycles. The molecule has 4 rings (SSSR count). The molecule has 7 heteroatoms. The van der Waals surface area contributed by atoms with E-state index in [-0.39, 0.29) is 6.04 Å². The maximum Gasteiger partial charge on any atom is 0.339 e. The van der Waals surface area contributed by atoms with E-state index in [9.17, 15) is 9.18 Å². The number of carbonyl (C=O) groups excluding carboxylic acids is 1. The zero-order valence-corrected chi connectivity index (χ0v) is 13.7. The van der Waals surface area contributed by atoms with Crippen molar-refractivity contribution in [1.29, 1.82) is 0 Å². The number of rotatable bonds is 3. The Morgan fingerprint density at radius 3 is 2.76 bits per heavy atom. The van der Waals surface area contributed by atoms with Crippen LogP contribution in [-0.4, -0.2) is 53.1 Å². The first-order chi connectivity index (χ1) is 12.2. The summed E-state index contributed by atoms with van der Waals surface area (Å²) in [6.45, 7) is 3.11. The smallest absolute Gasteiger partial charge is 0.339 e. The zero-order valence-electron chi connectivity index (χ0n) is 13.7. The fourth-order valence-electron chi connectivity index (χ4n) is 3.63. The lowest BCUT2D eigenvalue weighted by Crippen LogP contribution is -2.47. The van der Waals surface area contributed by atoms with Crippen LogP contribution in [0.25, 0.3) is 0 Å². The van der Waals surface area contributed by atoms with Crippen molar-refractivity contribution < 1.29 is 13.9 Å². The van der Waals surface area contributed by atoms with Crippen LogP contribution in [0.2, 0.25) is 0 Å². The van der Waals surface area contributed by atoms with Gasteiger partial charge in [0.15, 0.2) is 17.2 Å². The molecule has 0 bridgehead atoms. The summed E-state index contributed by atoms with van der Waals surface area (Å²) >= 11 is 0. The van der Waals surface area contributed by atoms with Crippen LogP contribution in [-0.2, 0) is 10.3 Å². The number of carbonyl (C=O) groups is 1. The fraction of sp³-hybridized carbons (Fsp3) is 0.389. The van der Waals surface area contributed by atoms with Crippen LogP contribution in [0.5, 0.6) is 0 Å². The number of fused-ring (bicyclic) bond motifs is 1. The Bertz CT molecular complexity index is 739. The minimum atomic E-state index is -0.961. The summed E-state index contributed by atoms with van der Waals surface area (Å²) in [7, 11) is 0. The SMILES string of the molecule is O=C(O[C@@]1(c2ncc(F)cn2)C[C@H]2CNCCN2C1)c1ccccc1. The van der Waals surface area contributed by atoms with Crippen LogP contribution < -0.4 is 5.32 Å². The Hall–Kier alpha value is -2.38. The maximum absolute atomic E-state index is 13.3. The molecule has 0 unspecified atom stereocenters. The van der Waals surface area contributed by atoms with E-state index in [1.807, 2.05) is 6.07 Å². The van der Waals surface area contributed by atoms with Gasteiger partial charge in [-0.2, -0.15) is 0 Å². The number of hydrogen-bond acceptors (Lipinski definition) is 6. The van der Waals surface area contributed by atoms with Crippen LogP contribution >= 0.6 is 0 Å². The van der Waals surface area contributed by atoms with Crippen molar-refractivity contribution >= 4 is 5.97 Å². The van der Waals surface area contributed by atoms with Crippen molar-refractivity contribution in [2.75, 3.05) is 26.2 Å².